The molecule has 0 saturated carbocycles. The molecule has 22 heavy (non-hydrogen) atoms. The molecule has 3 rings (SSSR count). The Hall–Kier alpha value is -1.23. The van der Waals surface area contributed by atoms with E-state index in [0.29, 0.717) is 18.6 Å². The zero-order chi connectivity index (χ0) is 15.5. The standard InChI is InChI=1S/C18H24N2OS/c1-13-3-7-16(8-4-13)18-19-9-17(22-18)11-20-10-15(12-21)6-5-14(20)2/h3-4,7-9,14-15,21H,5-6,10-12H2,1-2H3. The third-order valence-electron chi connectivity index (χ3n) is 4.58. The van der Waals surface area contributed by atoms with Gasteiger partial charge in [0, 0.05) is 42.4 Å². The number of likely N-dealkylation sites (tertiary alicyclic amines) is 1. The van der Waals surface area contributed by atoms with Crippen molar-refractivity contribution in [2.75, 3.05) is 13.2 Å². The largest absolute Gasteiger partial charge is 0.396 e. The van der Waals surface area contributed by atoms with Crippen LogP contribution in [-0.2, 0) is 6.54 Å². The first-order valence-corrected chi connectivity index (χ1v) is 8.84. The molecule has 0 amide bonds. The molecule has 0 aliphatic carbocycles. The summed E-state index contributed by atoms with van der Waals surface area (Å²) >= 11 is 1.78. The highest BCUT2D eigenvalue weighted by atomic mass is 32.1. The number of aromatic nitrogens is 1. The molecule has 1 aromatic heterocycles. The quantitative estimate of drug-likeness (QED) is 0.934. The smallest absolute Gasteiger partial charge is 0.123 e. The van der Waals surface area contributed by atoms with Crippen molar-refractivity contribution in [3.05, 3.63) is 40.9 Å². The molecule has 1 N–H and O–H groups in total. The average Bonchev–Trinajstić information content (AvgIpc) is 2.99. The number of rotatable bonds is 4. The molecule has 2 heterocycles. The Bertz CT molecular complexity index is 608. The minimum atomic E-state index is 0.306. The van der Waals surface area contributed by atoms with Gasteiger partial charge in [-0.3, -0.25) is 4.90 Å². The van der Waals surface area contributed by atoms with Gasteiger partial charge in [-0.05, 0) is 32.6 Å². The van der Waals surface area contributed by atoms with Gasteiger partial charge < -0.3 is 5.11 Å². The summed E-state index contributed by atoms with van der Waals surface area (Å²) in [6.07, 6.45) is 4.33. The first kappa shape index (κ1) is 15.7. The molecule has 1 saturated heterocycles. The highest BCUT2D eigenvalue weighted by Gasteiger charge is 2.25. The molecule has 118 valence electrons. The van der Waals surface area contributed by atoms with Crippen molar-refractivity contribution >= 4 is 11.3 Å². The molecule has 0 spiro atoms. The summed E-state index contributed by atoms with van der Waals surface area (Å²) in [5, 5.41) is 10.5. The van der Waals surface area contributed by atoms with Crippen LogP contribution in [0.3, 0.4) is 0 Å². The predicted octanol–water partition coefficient (Wildman–Crippen LogP) is 3.71. The van der Waals surface area contributed by atoms with Crippen LogP contribution in [0.2, 0.25) is 0 Å². The van der Waals surface area contributed by atoms with Gasteiger partial charge in [0.15, 0.2) is 0 Å². The number of nitrogens with zero attached hydrogens (tertiary/aromatic N) is 2. The molecule has 2 unspecified atom stereocenters. The SMILES string of the molecule is Cc1ccc(-c2ncc(CN3CC(CO)CCC3C)s2)cc1. The molecule has 1 aliphatic heterocycles. The maximum absolute atomic E-state index is 9.40. The topological polar surface area (TPSA) is 36.4 Å². The summed E-state index contributed by atoms with van der Waals surface area (Å²) in [6.45, 7) is 6.64. The number of benzene rings is 1. The van der Waals surface area contributed by atoms with Gasteiger partial charge in [-0.1, -0.05) is 29.8 Å². The van der Waals surface area contributed by atoms with Gasteiger partial charge in [-0.2, -0.15) is 0 Å². The van der Waals surface area contributed by atoms with E-state index in [9.17, 15) is 5.11 Å². The summed E-state index contributed by atoms with van der Waals surface area (Å²) in [5.41, 5.74) is 2.47. The molecule has 1 aromatic carbocycles. The Labute approximate surface area is 136 Å². The predicted molar refractivity (Wildman–Crippen MR) is 92.0 cm³/mol. The number of aliphatic hydroxyl groups is 1. The van der Waals surface area contributed by atoms with E-state index in [0.717, 1.165) is 24.5 Å². The van der Waals surface area contributed by atoms with Gasteiger partial charge in [0.25, 0.3) is 0 Å². The van der Waals surface area contributed by atoms with Crippen LogP contribution in [0.25, 0.3) is 10.6 Å². The van der Waals surface area contributed by atoms with E-state index >= 15 is 0 Å². The van der Waals surface area contributed by atoms with Crippen molar-refractivity contribution < 1.29 is 5.11 Å². The van der Waals surface area contributed by atoms with Gasteiger partial charge in [0.05, 0.1) is 0 Å². The Morgan fingerprint density at radius 3 is 2.77 bits per heavy atom. The van der Waals surface area contributed by atoms with Crippen LogP contribution in [0.1, 0.15) is 30.2 Å². The monoisotopic (exact) mass is 316 g/mol. The van der Waals surface area contributed by atoms with E-state index in [2.05, 4.69) is 48.0 Å². The minimum Gasteiger partial charge on any atom is -0.396 e. The lowest BCUT2D eigenvalue weighted by Crippen LogP contribution is -2.42. The Morgan fingerprint density at radius 1 is 1.27 bits per heavy atom. The lowest BCUT2D eigenvalue weighted by Gasteiger charge is -2.37. The van der Waals surface area contributed by atoms with Crippen LogP contribution in [0, 0.1) is 12.8 Å². The van der Waals surface area contributed by atoms with Crippen LogP contribution < -0.4 is 0 Å². The van der Waals surface area contributed by atoms with Crippen LogP contribution in [-0.4, -0.2) is 34.2 Å². The summed E-state index contributed by atoms with van der Waals surface area (Å²) in [7, 11) is 0. The lowest BCUT2D eigenvalue weighted by atomic mass is 9.94. The molecule has 1 fully saturated rings. The minimum absolute atomic E-state index is 0.306. The molecule has 0 radical (unpaired) electrons. The van der Waals surface area contributed by atoms with Crippen LogP contribution in [0.5, 0.6) is 0 Å². The van der Waals surface area contributed by atoms with Crippen LogP contribution in [0.15, 0.2) is 30.5 Å². The summed E-state index contributed by atoms with van der Waals surface area (Å²) in [4.78, 5) is 8.38. The summed E-state index contributed by atoms with van der Waals surface area (Å²) in [6, 6.07) is 9.14. The Balaban J connectivity index is 1.69. The second-order valence-electron chi connectivity index (χ2n) is 6.40. The number of hydrogen-bond acceptors (Lipinski definition) is 4. The van der Waals surface area contributed by atoms with Gasteiger partial charge in [0.1, 0.15) is 5.01 Å². The first-order valence-electron chi connectivity index (χ1n) is 8.02. The number of thiazole rings is 1. The van der Waals surface area contributed by atoms with Gasteiger partial charge in [-0.15, -0.1) is 11.3 Å². The summed E-state index contributed by atoms with van der Waals surface area (Å²) < 4.78 is 0. The second-order valence-corrected chi connectivity index (χ2v) is 7.52. The fraction of sp³-hybridized carbons (Fsp3) is 0.500. The molecule has 1 aliphatic rings. The number of hydrogen-bond donors (Lipinski definition) is 1. The first-order chi connectivity index (χ1) is 10.7. The van der Waals surface area contributed by atoms with Crippen molar-refractivity contribution in [2.45, 2.75) is 39.3 Å². The highest BCUT2D eigenvalue weighted by molar-refractivity contribution is 7.15. The molecular formula is C18H24N2OS. The van der Waals surface area contributed by atoms with Crippen molar-refractivity contribution in [1.29, 1.82) is 0 Å². The third-order valence-corrected chi connectivity index (χ3v) is 5.61. The van der Waals surface area contributed by atoms with E-state index in [1.807, 2.05) is 6.20 Å². The van der Waals surface area contributed by atoms with E-state index in [4.69, 9.17) is 0 Å². The second kappa shape index (κ2) is 6.90. The molecule has 2 aromatic rings. The fourth-order valence-electron chi connectivity index (χ4n) is 3.04. The van der Waals surface area contributed by atoms with Gasteiger partial charge in [-0.25, -0.2) is 4.98 Å². The maximum Gasteiger partial charge on any atom is 0.123 e. The maximum atomic E-state index is 9.40. The summed E-state index contributed by atoms with van der Waals surface area (Å²) in [5.74, 6) is 0.431. The van der Waals surface area contributed by atoms with Gasteiger partial charge in [0.2, 0.25) is 0 Å². The van der Waals surface area contributed by atoms with Crippen molar-refractivity contribution in [2.24, 2.45) is 5.92 Å². The third kappa shape index (κ3) is 3.57. The van der Waals surface area contributed by atoms with E-state index in [1.165, 1.54) is 22.4 Å². The highest BCUT2D eigenvalue weighted by Crippen LogP contribution is 2.29. The van der Waals surface area contributed by atoms with E-state index in [-0.39, 0.29) is 0 Å². The van der Waals surface area contributed by atoms with Crippen molar-refractivity contribution in [3.8, 4) is 10.6 Å². The molecule has 0 bridgehead atoms. The van der Waals surface area contributed by atoms with E-state index in [1.54, 1.807) is 11.3 Å². The normalized spacial score (nSPS) is 22.9. The molecular weight excluding hydrogens is 292 g/mol. The van der Waals surface area contributed by atoms with Gasteiger partial charge >= 0.3 is 0 Å². The van der Waals surface area contributed by atoms with Crippen molar-refractivity contribution in [1.82, 2.24) is 9.88 Å². The number of aryl methyl sites for hydroxylation is 1. The number of piperidine rings is 1. The molecule has 4 heteroatoms. The van der Waals surface area contributed by atoms with Crippen LogP contribution in [0.4, 0.5) is 0 Å². The zero-order valence-electron chi connectivity index (χ0n) is 13.3. The van der Waals surface area contributed by atoms with Crippen LogP contribution >= 0.6 is 11.3 Å². The Morgan fingerprint density at radius 2 is 2.05 bits per heavy atom. The lowest BCUT2D eigenvalue weighted by molar-refractivity contribution is 0.0779. The fourth-order valence-corrected chi connectivity index (χ4v) is 3.99. The zero-order valence-corrected chi connectivity index (χ0v) is 14.1. The number of aliphatic hydroxyl groups excluding tert-OH is 1. The average molecular weight is 316 g/mol. The molecule has 2 atom stereocenters. The Kier molecular flexibility index (Phi) is 4.91. The molecule has 3 nitrogen and oxygen atoms in total. The van der Waals surface area contributed by atoms with E-state index < -0.39 is 0 Å². The van der Waals surface area contributed by atoms with Crippen molar-refractivity contribution in [3.63, 3.8) is 0 Å².